The number of sulfonamides is 1. The molecule has 0 bridgehead atoms. The van der Waals surface area contributed by atoms with E-state index in [1.165, 1.54) is 17.1 Å². The first-order valence-corrected chi connectivity index (χ1v) is 11.1. The van der Waals surface area contributed by atoms with Gasteiger partial charge in [0.15, 0.2) is 5.03 Å². The fraction of sp³-hybridized carbons (Fsp3) is 0.190. The van der Waals surface area contributed by atoms with E-state index in [0.29, 0.717) is 28.9 Å². The molecule has 0 amide bonds. The number of aliphatic hydroxyl groups excluding tert-OH is 1. The van der Waals surface area contributed by atoms with E-state index in [4.69, 9.17) is 4.74 Å². The van der Waals surface area contributed by atoms with E-state index in [0.717, 1.165) is 5.56 Å². The van der Waals surface area contributed by atoms with Gasteiger partial charge in [-0.15, -0.1) is 0 Å². The molecule has 0 fully saturated rings. The molecule has 2 N–H and O–H groups in total. The van der Waals surface area contributed by atoms with Crippen molar-refractivity contribution in [2.75, 3.05) is 19.0 Å². The van der Waals surface area contributed by atoms with Crippen LogP contribution in [0.4, 0.5) is 17.3 Å². The summed E-state index contributed by atoms with van der Waals surface area (Å²) in [6.07, 6.45) is 3.12. The average molecular weight is 493 g/mol. The van der Waals surface area contributed by atoms with Crippen molar-refractivity contribution in [2.24, 2.45) is 7.05 Å². The average Bonchev–Trinajstić information content (AvgIpc) is 3.22. The van der Waals surface area contributed by atoms with Gasteiger partial charge in [-0.1, -0.05) is 24.3 Å². The summed E-state index contributed by atoms with van der Waals surface area (Å²) in [5.74, 6) is 0.630. The Morgan fingerprint density at radius 2 is 1.88 bits per heavy atom. The SMILES string of the molecule is COc1ccc(CCO)c(Nc2nc3ccccc3nc2[N-]S(=O)(=O)c2cn(C)cn2)c1.[K+]. The third-order valence-electron chi connectivity index (χ3n) is 4.66. The molecule has 2 heterocycles. The first-order valence-electron chi connectivity index (χ1n) is 9.67. The number of aromatic nitrogens is 4. The second-order valence-electron chi connectivity index (χ2n) is 6.95. The summed E-state index contributed by atoms with van der Waals surface area (Å²) < 4.78 is 36.4. The summed E-state index contributed by atoms with van der Waals surface area (Å²) in [5, 5.41) is 12.4. The van der Waals surface area contributed by atoms with Crippen LogP contribution in [0.25, 0.3) is 15.8 Å². The number of hydrogen-bond acceptors (Lipinski definition) is 8. The molecule has 0 radical (unpaired) electrons. The molecule has 4 rings (SSSR count). The van der Waals surface area contributed by atoms with Crippen LogP contribution in [0.15, 0.2) is 60.0 Å². The van der Waals surface area contributed by atoms with Crippen molar-refractivity contribution in [1.29, 1.82) is 0 Å². The topological polar surface area (TPSA) is 133 Å². The van der Waals surface area contributed by atoms with E-state index < -0.39 is 10.0 Å². The van der Waals surface area contributed by atoms with Crippen molar-refractivity contribution in [1.82, 2.24) is 19.5 Å². The van der Waals surface area contributed by atoms with Gasteiger partial charge < -0.3 is 29.4 Å². The van der Waals surface area contributed by atoms with E-state index in [1.807, 2.05) is 12.1 Å². The second kappa shape index (κ2) is 10.9. The number of fused-ring (bicyclic) bond motifs is 1. The number of para-hydroxylation sites is 2. The fourth-order valence-electron chi connectivity index (χ4n) is 3.09. The maximum Gasteiger partial charge on any atom is 1.00 e. The van der Waals surface area contributed by atoms with Gasteiger partial charge in [-0.25, -0.2) is 18.4 Å². The van der Waals surface area contributed by atoms with E-state index in [9.17, 15) is 13.5 Å². The van der Waals surface area contributed by atoms with Gasteiger partial charge in [0.25, 0.3) is 0 Å². The molecule has 0 spiro atoms. The molecule has 12 heteroatoms. The molecule has 0 aliphatic heterocycles. The van der Waals surface area contributed by atoms with Crippen molar-refractivity contribution in [3.8, 4) is 5.75 Å². The van der Waals surface area contributed by atoms with E-state index in [1.54, 1.807) is 44.5 Å². The van der Waals surface area contributed by atoms with Crippen LogP contribution in [0.2, 0.25) is 0 Å². The summed E-state index contributed by atoms with van der Waals surface area (Å²) in [7, 11) is -0.914. The maximum absolute atomic E-state index is 12.8. The molecule has 4 aromatic rings. The molecule has 0 saturated carbocycles. The minimum atomic E-state index is -4.12. The van der Waals surface area contributed by atoms with Crippen molar-refractivity contribution in [2.45, 2.75) is 11.4 Å². The monoisotopic (exact) mass is 492 g/mol. The summed E-state index contributed by atoms with van der Waals surface area (Å²) in [6, 6.07) is 12.4. The molecule has 33 heavy (non-hydrogen) atoms. The number of methoxy groups -OCH3 is 1. The van der Waals surface area contributed by atoms with Crippen LogP contribution >= 0.6 is 0 Å². The Morgan fingerprint density at radius 1 is 1.15 bits per heavy atom. The second-order valence-corrected chi connectivity index (χ2v) is 8.50. The molecular formula is C21H21KN6O4S. The summed E-state index contributed by atoms with van der Waals surface area (Å²) in [5.41, 5.74) is 2.45. The van der Waals surface area contributed by atoms with E-state index >= 15 is 0 Å². The predicted molar refractivity (Wildman–Crippen MR) is 120 cm³/mol. The number of benzene rings is 2. The normalized spacial score (nSPS) is 11.1. The zero-order valence-corrected chi connectivity index (χ0v) is 22.4. The number of nitrogens with zero attached hydrogens (tertiary/aromatic N) is 5. The minimum absolute atomic E-state index is 0. The van der Waals surface area contributed by atoms with Crippen LogP contribution in [0, 0.1) is 0 Å². The van der Waals surface area contributed by atoms with Gasteiger partial charge in [-0.2, -0.15) is 0 Å². The van der Waals surface area contributed by atoms with Crippen LogP contribution in [-0.2, 0) is 23.5 Å². The van der Waals surface area contributed by atoms with Crippen molar-refractivity contribution in [3.05, 3.63) is 65.3 Å². The molecule has 166 valence electrons. The molecule has 2 aromatic heterocycles. The fourth-order valence-corrected chi connectivity index (χ4v) is 4.01. The van der Waals surface area contributed by atoms with Crippen molar-refractivity contribution >= 4 is 38.4 Å². The number of imidazole rings is 1. The van der Waals surface area contributed by atoms with Crippen molar-refractivity contribution < 1.29 is 69.6 Å². The first kappa shape index (κ1) is 25.6. The van der Waals surface area contributed by atoms with Crippen LogP contribution in [-0.4, -0.2) is 46.8 Å². The Bertz CT molecular complexity index is 1380. The van der Waals surface area contributed by atoms with Crippen LogP contribution < -0.4 is 61.4 Å². The van der Waals surface area contributed by atoms with Gasteiger partial charge in [-0.3, -0.25) is 0 Å². The minimum Gasteiger partial charge on any atom is -0.497 e. The predicted octanol–water partition coefficient (Wildman–Crippen LogP) is 0.0484. The van der Waals surface area contributed by atoms with Gasteiger partial charge in [0.1, 0.15) is 11.6 Å². The van der Waals surface area contributed by atoms with Crippen LogP contribution in [0.3, 0.4) is 0 Å². The number of anilines is 2. The molecule has 2 aromatic carbocycles. The number of rotatable bonds is 8. The largest absolute Gasteiger partial charge is 1.00 e. The Hall–Kier alpha value is -2.06. The Kier molecular flexibility index (Phi) is 8.45. The van der Waals surface area contributed by atoms with E-state index in [-0.39, 0.29) is 74.7 Å². The summed E-state index contributed by atoms with van der Waals surface area (Å²) in [4.78, 5) is 12.9. The zero-order valence-electron chi connectivity index (χ0n) is 18.4. The van der Waals surface area contributed by atoms with Gasteiger partial charge in [0.2, 0.25) is 10.0 Å². The molecule has 0 saturated heterocycles. The molecule has 0 unspecified atom stereocenters. The molecule has 0 aliphatic carbocycles. The zero-order chi connectivity index (χ0) is 22.7. The molecule has 0 aliphatic rings. The Balaban J connectivity index is 0.00000306. The Labute approximate surface area is 233 Å². The number of aryl methyl sites for hydroxylation is 1. The summed E-state index contributed by atoms with van der Waals surface area (Å²) >= 11 is 0. The number of nitrogens with one attached hydrogen (secondary N) is 1. The third-order valence-corrected chi connectivity index (χ3v) is 5.81. The number of aliphatic hydroxyl groups is 1. The smallest absolute Gasteiger partial charge is 0.497 e. The van der Waals surface area contributed by atoms with Gasteiger partial charge >= 0.3 is 51.4 Å². The van der Waals surface area contributed by atoms with Crippen LogP contribution in [0.1, 0.15) is 5.56 Å². The summed E-state index contributed by atoms with van der Waals surface area (Å²) in [6.45, 7) is -0.0598. The van der Waals surface area contributed by atoms with Crippen LogP contribution in [0.5, 0.6) is 5.75 Å². The number of ether oxygens (including phenoxy) is 1. The van der Waals surface area contributed by atoms with Crippen molar-refractivity contribution in [3.63, 3.8) is 0 Å². The first-order chi connectivity index (χ1) is 15.4. The molecular weight excluding hydrogens is 471 g/mol. The Morgan fingerprint density at radius 3 is 2.52 bits per heavy atom. The quantitative estimate of drug-likeness (QED) is 0.330. The van der Waals surface area contributed by atoms with E-state index in [2.05, 4.69) is 25.0 Å². The molecule has 0 atom stereocenters. The van der Waals surface area contributed by atoms with Gasteiger partial charge in [0, 0.05) is 31.6 Å². The van der Waals surface area contributed by atoms with Gasteiger partial charge in [-0.05, 0) is 35.5 Å². The van der Waals surface area contributed by atoms with Gasteiger partial charge in [0.05, 0.1) is 19.0 Å². The molecule has 10 nitrogen and oxygen atoms in total. The third kappa shape index (κ3) is 5.90. The standard InChI is InChI=1S/C21H21N6O4S.K/c1-27-12-19(22-13-27)32(29,30)26-21-20(23-16-5-3-4-6-17(16)24-21)25-18-11-15(31-2)8-7-14(18)9-10-28;/h3-8,11-13,28H,9-10H2,1-2H3,(H-,23,24,25,26);/q-1;+1. The number of hydrogen-bond donors (Lipinski definition) is 2. The maximum atomic E-state index is 12.8.